The van der Waals surface area contributed by atoms with Gasteiger partial charge in [-0.15, -0.1) is 5.10 Å². The van der Waals surface area contributed by atoms with Crippen molar-refractivity contribution in [3.8, 4) is 22.7 Å². The van der Waals surface area contributed by atoms with E-state index in [9.17, 15) is 0 Å². The van der Waals surface area contributed by atoms with Gasteiger partial charge in [-0.05, 0) is 42.8 Å². The predicted octanol–water partition coefficient (Wildman–Crippen LogP) is 4.20. The number of nitrogen functional groups attached to an aromatic ring is 1. The second-order valence-electron chi connectivity index (χ2n) is 5.26. The standard InChI is InChI=1S/C17H13ClN4O/c1-10-6-7-14(23-10)17-20-16-9-11(8-15(19)22(16)21-17)12-4-2-3-5-13(12)18/h2-9H,19H2,1H3. The number of aromatic nitrogens is 3. The molecule has 0 unspecified atom stereocenters. The highest BCUT2D eigenvalue weighted by Crippen LogP contribution is 2.30. The number of aryl methyl sites for hydroxylation is 1. The Kier molecular flexibility index (Phi) is 3.09. The molecular formula is C17H13ClN4O. The lowest BCUT2D eigenvalue weighted by Gasteiger charge is -2.06. The number of nitrogens with two attached hydrogens (primary N) is 1. The first-order chi connectivity index (χ1) is 11.1. The van der Waals surface area contributed by atoms with E-state index in [1.807, 2.05) is 55.5 Å². The molecule has 0 saturated heterocycles. The molecule has 0 atom stereocenters. The fourth-order valence-corrected chi connectivity index (χ4v) is 2.76. The van der Waals surface area contributed by atoms with Crippen LogP contribution in [-0.2, 0) is 0 Å². The third-order valence-electron chi connectivity index (χ3n) is 3.61. The Hall–Kier alpha value is -2.79. The molecule has 2 N–H and O–H groups in total. The molecule has 0 saturated carbocycles. The number of hydrogen-bond donors (Lipinski definition) is 1. The van der Waals surface area contributed by atoms with E-state index in [4.69, 9.17) is 21.8 Å². The van der Waals surface area contributed by atoms with Crippen LogP contribution in [0, 0.1) is 6.92 Å². The lowest BCUT2D eigenvalue weighted by atomic mass is 10.1. The van der Waals surface area contributed by atoms with E-state index in [2.05, 4.69) is 10.1 Å². The monoisotopic (exact) mass is 324 g/mol. The van der Waals surface area contributed by atoms with E-state index < -0.39 is 0 Å². The van der Waals surface area contributed by atoms with Gasteiger partial charge in [-0.3, -0.25) is 0 Å². The van der Waals surface area contributed by atoms with Gasteiger partial charge in [0.15, 0.2) is 11.4 Å². The first-order valence-corrected chi connectivity index (χ1v) is 7.47. The molecule has 4 rings (SSSR count). The normalized spacial score (nSPS) is 11.2. The molecule has 0 radical (unpaired) electrons. The minimum atomic E-state index is 0.486. The third kappa shape index (κ3) is 2.35. The maximum atomic E-state index is 6.27. The number of pyridine rings is 1. The quantitative estimate of drug-likeness (QED) is 0.600. The Labute approximate surface area is 137 Å². The van der Waals surface area contributed by atoms with Crippen molar-refractivity contribution < 1.29 is 4.42 Å². The van der Waals surface area contributed by atoms with Crippen LogP contribution in [0.1, 0.15) is 5.76 Å². The summed E-state index contributed by atoms with van der Waals surface area (Å²) in [5, 5.41) is 5.07. The van der Waals surface area contributed by atoms with Gasteiger partial charge in [-0.25, -0.2) is 4.98 Å². The van der Waals surface area contributed by atoms with Gasteiger partial charge in [0.1, 0.15) is 11.6 Å². The lowest BCUT2D eigenvalue weighted by molar-refractivity contribution is 0.544. The second-order valence-corrected chi connectivity index (χ2v) is 5.67. The number of benzene rings is 1. The first-order valence-electron chi connectivity index (χ1n) is 7.10. The number of rotatable bonds is 2. The maximum absolute atomic E-state index is 6.27. The van der Waals surface area contributed by atoms with Crippen LogP contribution in [0.3, 0.4) is 0 Å². The van der Waals surface area contributed by atoms with E-state index >= 15 is 0 Å². The predicted molar refractivity (Wildman–Crippen MR) is 90.3 cm³/mol. The Balaban J connectivity index is 1.89. The van der Waals surface area contributed by atoms with Crippen molar-refractivity contribution in [2.75, 3.05) is 5.73 Å². The summed E-state index contributed by atoms with van der Waals surface area (Å²) >= 11 is 6.27. The maximum Gasteiger partial charge on any atom is 0.217 e. The minimum absolute atomic E-state index is 0.486. The molecule has 0 aliphatic carbocycles. The van der Waals surface area contributed by atoms with Crippen LogP contribution < -0.4 is 5.73 Å². The number of furan rings is 1. The second kappa shape index (κ2) is 5.14. The van der Waals surface area contributed by atoms with E-state index in [1.54, 1.807) is 4.52 Å². The Bertz CT molecular complexity index is 1020. The topological polar surface area (TPSA) is 69.3 Å². The van der Waals surface area contributed by atoms with E-state index in [0.717, 1.165) is 16.9 Å². The number of nitrogens with zero attached hydrogens (tertiary/aromatic N) is 3. The molecule has 0 spiro atoms. The fraction of sp³-hybridized carbons (Fsp3) is 0.0588. The van der Waals surface area contributed by atoms with Crippen LogP contribution in [0.15, 0.2) is 52.9 Å². The van der Waals surface area contributed by atoms with Gasteiger partial charge in [0.05, 0.1) is 0 Å². The van der Waals surface area contributed by atoms with Gasteiger partial charge in [0, 0.05) is 10.6 Å². The van der Waals surface area contributed by atoms with Crippen LogP contribution >= 0.6 is 11.6 Å². The Morgan fingerprint density at radius 3 is 2.70 bits per heavy atom. The zero-order valence-corrected chi connectivity index (χ0v) is 13.1. The van der Waals surface area contributed by atoms with Gasteiger partial charge < -0.3 is 10.2 Å². The molecule has 3 aromatic heterocycles. The van der Waals surface area contributed by atoms with Gasteiger partial charge >= 0.3 is 0 Å². The van der Waals surface area contributed by atoms with E-state index in [-0.39, 0.29) is 0 Å². The Morgan fingerprint density at radius 1 is 1.13 bits per heavy atom. The molecule has 4 aromatic rings. The molecule has 0 aliphatic rings. The summed E-state index contributed by atoms with van der Waals surface area (Å²) < 4.78 is 7.16. The highest BCUT2D eigenvalue weighted by atomic mass is 35.5. The molecule has 1 aromatic carbocycles. The molecule has 5 nitrogen and oxygen atoms in total. The largest absolute Gasteiger partial charge is 0.458 e. The van der Waals surface area contributed by atoms with Crippen LogP contribution in [-0.4, -0.2) is 14.6 Å². The molecule has 114 valence electrons. The van der Waals surface area contributed by atoms with Gasteiger partial charge in [0.25, 0.3) is 0 Å². The van der Waals surface area contributed by atoms with Crippen molar-refractivity contribution in [3.05, 3.63) is 59.3 Å². The zero-order chi connectivity index (χ0) is 16.0. The van der Waals surface area contributed by atoms with Crippen molar-refractivity contribution in [3.63, 3.8) is 0 Å². The summed E-state index contributed by atoms with van der Waals surface area (Å²) in [7, 11) is 0. The SMILES string of the molecule is Cc1ccc(-c2nc3cc(-c4ccccc4Cl)cc(N)n3n2)o1. The molecule has 23 heavy (non-hydrogen) atoms. The highest BCUT2D eigenvalue weighted by molar-refractivity contribution is 6.33. The van der Waals surface area contributed by atoms with Crippen molar-refractivity contribution >= 4 is 23.1 Å². The summed E-state index contributed by atoms with van der Waals surface area (Å²) in [5.41, 5.74) is 8.57. The average molecular weight is 325 g/mol. The van der Waals surface area contributed by atoms with Gasteiger partial charge in [-0.1, -0.05) is 29.8 Å². The number of halogens is 1. The molecule has 0 aliphatic heterocycles. The molecule has 0 amide bonds. The van der Waals surface area contributed by atoms with Crippen LogP contribution in [0.2, 0.25) is 5.02 Å². The van der Waals surface area contributed by atoms with Crippen molar-refractivity contribution in [1.82, 2.24) is 14.6 Å². The molecule has 0 bridgehead atoms. The summed E-state index contributed by atoms with van der Waals surface area (Å²) in [6, 6.07) is 15.1. The fourth-order valence-electron chi connectivity index (χ4n) is 2.52. The molecule has 3 heterocycles. The summed E-state index contributed by atoms with van der Waals surface area (Å²) in [4.78, 5) is 4.51. The van der Waals surface area contributed by atoms with E-state index in [0.29, 0.717) is 28.1 Å². The highest BCUT2D eigenvalue weighted by Gasteiger charge is 2.13. The smallest absolute Gasteiger partial charge is 0.217 e. The van der Waals surface area contributed by atoms with Crippen LogP contribution in [0.5, 0.6) is 0 Å². The molecule has 0 fully saturated rings. The number of fused-ring (bicyclic) bond motifs is 1. The molecular weight excluding hydrogens is 312 g/mol. The van der Waals surface area contributed by atoms with Crippen molar-refractivity contribution in [2.45, 2.75) is 6.92 Å². The lowest BCUT2D eigenvalue weighted by Crippen LogP contribution is -1.99. The number of anilines is 1. The Morgan fingerprint density at radius 2 is 1.96 bits per heavy atom. The summed E-state index contributed by atoms with van der Waals surface area (Å²) in [6.07, 6.45) is 0. The minimum Gasteiger partial charge on any atom is -0.458 e. The average Bonchev–Trinajstić information content (AvgIpc) is 3.14. The van der Waals surface area contributed by atoms with Crippen LogP contribution in [0.4, 0.5) is 5.82 Å². The summed E-state index contributed by atoms with van der Waals surface area (Å²) in [6.45, 7) is 1.88. The van der Waals surface area contributed by atoms with Crippen molar-refractivity contribution in [2.24, 2.45) is 0 Å². The summed E-state index contributed by atoms with van der Waals surface area (Å²) in [5.74, 6) is 2.41. The first kappa shape index (κ1) is 13.8. The van der Waals surface area contributed by atoms with Crippen LogP contribution in [0.25, 0.3) is 28.4 Å². The van der Waals surface area contributed by atoms with Crippen molar-refractivity contribution in [1.29, 1.82) is 0 Å². The molecule has 6 heteroatoms. The van der Waals surface area contributed by atoms with Gasteiger partial charge in [-0.2, -0.15) is 4.52 Å². The third-order valence-corrected chi connectivity index (χ3v) is 3.94. The van der Waals surface area contributed by atoms with E-state index in [1.165, 1.54) is 0 Å². The number of hydrogen-bond acceptors (Lipinski definition) is 4. The van der Waals surface area contributed by atoms with Gasteiger partial charge in [0.2, 0.25) is 5.82 Å². The zero-order valence-electron chi connectivity index (χ0n) is 12.3.